The van der Waals surface area contributed by atoms with E-state index in [0.29, 0.717) is 13.0 Å². The standard InChI is InChI=1S/C21H21BrN2OS/c1-14-4-8-17(9-5-14)21-19(26-15(2)23-21)12-20(25)24(3)13-16-6-10-18(22)11-7-16/h4-11H,12-13H2,1-3H3. The third-order valence-corrected chi connectivity index (χ3v) is 5.70. The summed E-state index contributed by atoms with van der Waals surface area (Å²) in [6.45, 7) is 4.66. The summed E-state index contributed by atoms with van der Waals surface area (Å²) in [5, 5.41) is 0.985. The van der Waals surface area contributed by atoms with Crippen LogP contribution in [-0.4, -0.2) is 22.8 Å². The molecule has 1 heterocycles. The maximum atomic E-state index is 12.7. The Morgan fingerprint density at radius 2 is 1.73 bits per heavy atom. The number of halogens is 1. The zero-order valence-corrected chi connectivity index (χ0v) is 17.5. The second-order valence-electron chi connectivity index (χ2n) is 6.42. The van der Waals surface area contributed by atoms with Gasteiger partial charge in [-0.1, -0.05) is 57.9 Å². The van der Waals surface area contributed by atoms with Crippen LogP contribution in [-0.2, 0) is 17.8 Å². The van der Waals surface area contributed by atoms with Crippen molar-refractivity contribution in [1.82, 2.24) is 9.88 Å². The zero-order chi connectivity index (χ0) is 18.7. The van der Waals surface area contributed by atoms with E-state index in [9.17, 15) is 4.79 Å². The minimum Gasteiger partial charge on any atom is -0.341 e. The Hall–Kier alpha value is -1.98. The summed E-state index contributed by atoms with van der Waals surface area (Å²) in [4.78, 5) is 20.2. The molecule has 0 unspecified atom stereocenters. The van der Waals surface area contributed by atoms with Gasteiger partial charge in [0.2, 0.25) is 5.91 Å². The van der Waals surface area contributed by atoms with Gasteiger partial charge in [-0.15, -0.1) is 11.3 Å². The highest BCUT2D eigenvalue weighted by Crippen LogP contribution is 2.29. The first-order valence-electron chi connectivity index (χ1n) is 8.44. The summed E-state index contributed by atoms with van der Waals surface area (Å²) in [6, 6.07) is 16.4. The maximum absolute atomic E-state index is 12.7. The van der Waals surface area contributed by atoms with Gasteiger partial charge < -0.3 is 4.90 Å². The number of benzene rings is 2. The summed E-state index contributed by atoms with van der Waals surface area (Å²) >= 11 is 5.04. The predicted octanol–water partition coefficient (Wildman–Crippen LogP) is 5.39. The van der Waals surface area contributed by atoms with Gasteiger partial charge in [-0.2, -0.15) is 0 Å². The van der Waals surface area contributed by atoms with E-state index in [1.807, 2.05) is 38.2 Å². The van der Waals surface area contributed by atoms with Crippen LogP contribution in [0.4, 0.5) is 0 Å². The van der Waals surface area contributed by atoms with Crippen molar-refractivity contribution in [3.8, 4) is 11.3 Å². The first kappa shape index (κ1) is 18.8. The van der Waals surface area contributed by atoms with Crippen LogP contribution < -0.4 is 0 Å². The van der Waals surface area contributed by atoms with Crippen molar-refractivity contribution in [3.63, 3.8) is 0 Å². The van der Waals surface area contributed by atoms with Crippen molar-refractivity contribution in [1.29, 1.82) is 0 Å². The molecule has 134 valence electrons. The van der Waals surface area contributed by atoms with Crippen LogP contribution >= 0.6 is 27.3 Å². The summed E-state index contributed by atoms with van der Waals surface area (Å²) in [6.07, 6.45) is 0.377. The van der Waals surface area contributed by atoms with Crippen molar-refractivity contribution in [2.75, 3.05) is 7.05 Å². The van der Waals surface area contributed by atoms with Crippen molar-refractivity contribution in [2.24, 2.45) is 0 Å². The fourth-order valence-corrected chi connectivity index (χ4v) is 3.96. The number of hydrogen-bond donors (Lipinski definition) is 0. The van der Waals surface area contributed by atoms with E-state index in [1.165, 1.54) is 5.56 Å². The van der Waals surface area contributed by atoms with Gasteiger partial charge in [0.15, 0.2) is 0 Å². The maximum Gasteiger partial charge on any atom is 0.227 e. The SMILES string of the molecule is Cc1ccc(-c2nc(C)sc2CC(=O)N(C)Cc2ccc(Br)cc2)cc1. The smallest absolute Gasteiger partial charge is 0.227 e. The molecule has 0 aliphatic rings. The third kappa shape index (κ3) is 4.59. The molecule has 2 aromatic carbocycles. The van der Waals surface area contributed by atoms with Gasteiger partial charge in [0, 0.05) is 28.5 Å². The largest absolute Gasteiger partial charge is 0.341 e. The minimum atomic E-state index is 0.102. The number of carbonyl (C=O) groups is 1. The lowest BCUT2D eigenvalue weighted by molar-refractivity contribution is -0.129. The average Bonchev–Trinajstić information content (AvgIpc) is 2.97. The molecule has 0 aliphatic carbocycles. The van der Waals surface area contributed by atoms with E-state index in [4.69, 9.17) is 0 Å². The molecular weight excluding hydrogens is 408 g/mol. The van der Waals surface area contributed by atoms with Gasteiger partial charge in [-0.3, -0.25) is 4.79 Å². The van der Waals surface area contributed by atoms with Crippen molar-refractivity contribution in [3.05, 3.63) is 74.0 Å². The summed E-state index contributed by atoms with van der Waals surface area (Å²) in [5.74, 6) is 0.102. The van der Waals surface area contributed by atoms with Crippen LogP contribution in [0.1, 0.15) is 21.0 Å². The van der Waals surface area contributed by atoms with E-state index in [2.05, 4.69) is 52.1 Å². The van der Waals surface area contributed by atoms with Crippen LogP contribution in [0.2, 0.25) is 0 Å². The lowest BCUT2D eigenvalue weighted by atomic mass is 10.1. The highest BCUT2D eigenvalue weighted by Gasteiger charge is 2.17. The Morgan fingerprint density at radius 3 is 2.38 bits per heavy atom. The normalized spacial score (nSPS) is 10.8. The second kappa shape index (κ2) is 8.14. The van der Waals surface area contributed by atoms with Crippen LogP contribution in [0.15, 0.2) is 53.0 Å². The van der Waals surface area contributed by atoms with Gasteiger partial charge >= 0.3 is 0 Å². The van der Waals surface area contributed by atoms with Gasteiger partial charge in [0.1, 0.15) is 0 Å². The number of amides is 1. The highest BCUT2D eigenvalue weighted by molar-refractivity contribution is 9.10. The molecule has 0 radical (unpaired) electrons. The predicted molar refractivity (Wildman–Crippen MR) is 111 cm³/mol. The van der Waals surface area contributed by atoms with E-state index in [1.54, 1.807) is 16.2 Å². The number of carbonyl (C=O) groups excluding carboxylic acids is 1. The molecule has 0 saturated heterocycles. The zero-order valence-electron chi connectivity index (χ0n) is 15.1. The molecule has 3 aromatic rings. The third-order valence-electron chi connectivity index (χ3n) is 4.20. The Kier molecular flexibility index (Phi) is 5.89. The molecule has 3 nitrogen and oxygen atoms in total. The van der Waals surface area contributed by atoms with E-state index in [-0.39, 0.29) is 5.91 Å². The number of aromatic nitrogens is 1. The van der Waals surface area contributed by atoms with E-state index in [0.717, 1.165) is 31.2 Å². The molecule has 0 atom stereocenters. The Labute approximate surface area is 166 Å². The molecule has 0 saturated carbocycles. The Bertz CT molecular complexity index is 901. The molecule has 1 aromatic heterocycles. The molecular formula is C21H21BrN2OS. The Balaban J connectivity index is 1.74. The van der Waals surface area contributed by atoms with Crippen LogP contribution in [0.5, 0.6) is 0 Å². The molecule has 1 amide bonds. The summed E-state index contributed by atoms with van der Waals surface area (Å²) < 4.78 is 1.04. The summed E-state index contributed by atoms with van der Waals surface area (Å²) in [5.41, 5.74) is 4.33. The molecule has 0 aliphatic heterocycles. The quantitative estimate of drug-likeness (QED) is 0.545. The van der Waals surface area contributed by atoms with E-state index >= 15 is 0 Å². The van der Waals surface area contributed by atoms with Crippen LogP contribution in [0, 0.1) is 13.8 Å². The molecule has 5 heteroatoms. The lowest BCUT2D eigenvalue weighted by Crippen LogP contribution is -2.27. The number of hydrogen-bond acceptors (Lipinski definition) is 3. The van der Waals surface area contributed by atoms with E-state index < -0.39 is 0 Å². The number of rotatable bonds is 5. The number of likely N-dealkylation sites (N-methyl/N-ethyl adjacent to an activating group) is 1. The minimum absolute atomic E-state index is 0.102. The van der Waals surface area contributed by atoms with Crippen molar-refractivity contribution >= 4 is 33.2 Å². The van der Waals surface area contributed by atoms with Crippen molar-refractivity contribution < 1.29 is 4.79 Å². The van der Waals surface area contributed by atoms with Crippen LogP contribution in [0.3, 0.4) is 0 Å². The molecule has 3 rings (SSSR count). The van der Waals surface area contributed by atoms with Crippen molar-refractivity contribution in [2.45, 2.75) is 26.8 Å². The number of nitrogens with zero attached hydrogens (tertiary/aromatic N) is 2. The topological polar surface area (TPSA) is 33.2 Å². The van der Waals surface area contributed by atoms with Gasteiger partial charge in [0.25, 0.3) is 0 Å². The van der Waals surface area contributed by atoms with Gasteiger partial charge in [0.05, 0.1) is 17.1 Å². The molecule has 0 N–H and O–H groups in total. The first-order chi connectivity index (χ1) is 12.4. The number of thiazole rings is 1. The molecule has 0 spiro atoms. The lowest BCUT2D eigenvalue weighted by Gasteiger charge is -2.17. The highest BCUT2D eigenvalue weighted by atomic mass is 79.9. The van der Waals surface area contributed by atoms with Crippen LogP contribution in [0.25, 0.3) is 11.3 Å². The number of aryl methyl sites for hydroxylation is 2. The van der Waals surface area contributed by atoms with Gasteiger partial charge in [-0.05, 0) is 31.5 Å². The molecule has 0 bridgehead atoms. The van der Waals surface area contributed by atoms with Gasteiger partial charge in [-0.25, -0.2) is 4.98 Å². The average molecular weight is 429 g/mol. The fourth-order valence-electron chi connectivity index (χ4n) is 2.75. The molecule has 0 fully saturated rings. The molecule has 26 heavy (non-hydrogen) atoms. The Morgan fingerprint density at radius 1 is 1.08 bits per heavy atom. The second-order valence-corrected chi connectivity index (χ2v) is 8.63. The monoisotopic (exact) mass is 428 g/mol. The summed E-state index contributed by atoms with van der Waals surface area (Å²) in [7, 11) is 1.85. The first-order valence-corrected chi connectivity index (χ1v) is 10.0. The fraction of sp³-hybridized carbons (Fsp3) is 0.238.